The summed E-state index contributed by atoms with van der Waals surface area (Å²) < 4.78 is 5.94. The number of morpholine rings is 1. The molecule has 3 heteroatoms. The number of hydrogen-bond donors (Lipinski definition) is 0. The van der Waals surface area contributed by atoms with E-state index >= 15 is 0 Å². The molecule has 0 atom stereocenters. The highest BCUT2D eigenvalue weighted by Crippen LogP contribution is 2.45. The molecule has 0 unspecified atom stereocenters. The van der Waals surface area contributed by atoms with Gasteiger partial charge in [-0.05, 0) is 12.8 Å². The van der Waals surface area contributed by atoms with Gasteiger partial charge in [0.1, 0.15) is 0 Å². The van der Waals surface area contributed by atoms with E-state index in [0.717, 1.165) is 26.3 Å². The summed E-state index contributed by atoms with van der Waals surface area (Å²) >= 11 is 2.61. The van der Waals surface area contributed by atoms with Crippen molar-refractivity contribution in [3.8, 4) is 0 Å². The fourth-order valence-electron chi connectivity index (χ4n) is 1.45. The van der Waals surface area contributed by atoms with E-state index in [0.29, 0.717) is 3.42 Å². The second-order valence-electron chi connectivity index (χ2n) is 3.54. The van der Waals surface area contributed by atoms with Crippen LogP contribution in [0.25, 0.3) is 0 Å². The Morgan fingerprint density at radius 2 is 1.77 bits per heavy atom. The molecule has 2 nitrogen and oxygen atoms in total. The van der Waals surface area contributed by atoms with Crippen molar-refractivity contribution in [2.75, 3.05) is 32.8 Å². The van der Waals surface area contributed by atoms with Crippen molar-refractivity contribution < 1.29 is 4.74 Å². The third kappa shape index (κ3) is 4.13. The van der Waals surface area contributed by atoms with Crippen LogP contribution in [0.2, 0.25) is 0 Å². The minimum absolute atomic E-state index is 0.648. The second-order valence-corrected chi connectivity index (χ2v) is 5.83. The average Bonchev–Trinajstić information content (AvgIpc) is 2.88. The van der Waals surface area contributed by atoms with Crippen LogP contribution in [0.1, 0.15) is 26.7 Å². The lowest BCUT2D eigenvalue weighted by Crippen LogP contribution is -2.40. The molecule has 0 bridgehead atoms. The highest BCUT2D eigenvalue weighted by atomic mass is 127. The Morgan fingerprint density at radius 1 is 1.23 bits per heavy atom. The third-order valence-corrected chi connectivity index (χ3v) is 3.82. The number of alkyl halides is 1. The van der Waals surface area contributed by atoms with Gasteiger partial charge >= 0.3 is 0 Å². The van der Waals surface area contributed by atoms with Gasteiger partial charge in [0.2, 0.25) is 0 Å². The van der Waals surface area contributed by atoms with E-state index in [4.69, 9.17) is 4.74 Å². The maximum absolute atomic E-state index is 5.29. The summed E-state index contributed by atoms with van der Waals surface area (Å²) in [5.74, 6) is 0. The molecule has 0 aromatic carbocycles. The SMILES string of the molecule is CC.IC1(CN2CCOCC2)CC1. The van der Waals surface area contributed by atoms with E-state index in [1.54, 1.807) is 0 Å². The molecule has 13 heavy (non-hydrogen) atoms. The minimum atomic E-state index is 0.648. The first-order chi connectivity index (χ1) is 6.29. The molecule has 0 aromatic rings. The number of rotatable bonds is 2. The molecule has 1 saturated heterocycles. The Balaban J connectivity index is 0.000000396. The Bertz CT molecular complexity index is 142. The van der Waals surface area contributed by atoms with Crippen LogP contribution in [0.5, 0.6) is 0 Å². The Hall–Kier alpha value is 0.650. The first-order valence-electron chi connectivity index (χ1n) is 5.28. The van der Waals surface area contributed by atoms with Crippen LogP contribution in [0.4, 0.5) is 0 Å². The number of ether oxygens (including phenoxy) is 1. The van der Waals surface area contributed by atoms with Crippen molar-refractivity contribution in [3.63, 3.8) is 0 Å². The van der Waals surface area contributed by atoms with Gasteiger partial charge in [-0.25, -0.2) is 0 Å². The van der Waals surface area contributed by atoms with E-state index in [1.807, 2.05) is 13.8 Å². The molecular formula is C10H20INO. The van der Waals surface area contributed by atoms with E-state index < -0.39 is 0 Å². The van der Waals surface area contributed by atoms with E-state index in [9.17, 15) is 0 Å². The Kier molecular flexibility index (Phi) is 4.97. The molecule has 0 aromatic heterocycles. The standard InChI is InChI=1S/C8H14INO.C2H6/c9-8(1-2-8)7-10-3-5-11-6-4-10;1-2/h1-7H2;1-2H3. The van der Waals surface area contributed by atoms with Crippen LogP contribution in [-0.2, 0) is 4.74 Å². The molecular weight excluding hydrogens is 277 g/mol. The monoisotopic (exact) mass is 297 g/mol. The maximum Gasteiger partial charge on any atom is 0.0594 e. The molecule has 2 rings (SSSR count). The molecule has 1 aliphatic heterocycles. The second kappa shape index (κ2) is 5.51. The summed E-state index contributed by atoms with van der Waals surface area (Å²) in [7, 11) is 0. The van der Waals surface area contributed by atoms with Crippen molar-refractivity contribution >= 4 is 22.6 Å². The molecule has 2 fully saturated rings. The average molecular weight is 297 g/mol. The van der Waals surface area contributed by atoms with Crippen molar-refractivity contribution in [2.45, 2.75) is 30.1 Å². The first-order valence-corrected chi connectivity index (χ1v) is 6.35. The smallest absolute Gasteiger partial charge is 0.0594 e. The van der Waals surface area contributed by atoms with Gasteiger partial charge in [-0.15, -0.1) is 0 Å². The minimum Gasteiger partial charge on any atom is -0.379 e. The van der Waals surface area contributed by atoms with Crippen LogP contribution in [0.15, 0.2) is 0 Å². The molecule has 78 valence electrons. The summed E-state index contributed by atoms with van der Waals surface area (Å²) in [6, 6.07) is 0. The first kappa shape index (κ1) is 11.7. The molecule has 0 spiro atoms. The number of hydrogen-bond acceptors (Lipinski definition) is 2. The Morgan fingerprint density at radius 3 is 2.23 bits per heavy atom. The summed E-state index contributed by atoms with van der Waals surface area (Å²) in [6.07, 6.45) is 2.84. The molecule has 1 saturated carbocycles. The van der Waals surface area contributed by atoms with Crippen LogP contribution < -0.4 is 0 Å². The van der Waals surface area contributed by atoms with Crippen LogP contribution in [0, 0.1) is 0 Å². The van der Waals surface area contributed by atoms with E-state index in [2.05, 4.69) is 27.5 Å². The van der Waals surface area contributed by atoms with Crippen molar-refractivity contribution in [1.82, 2.24) is 4.90 Å². The fraction of sp³-hybridized carbons (Fsp3) is 1.00. The zero-order chi connectivity index (χ0) is 9.73. The summed E-state index contributed by atoms with van der Waals surface area (Å²) in [5.41, 5.74) is 0. The van der Waals surface area contributed by atoms with Gasteiger partial charge in [-0.3, -0.25) is 4.90 Å². The van der Waals surface area contributed by atoms with E-state index in [-0.39, 0.29) is 0 Å². The zero-order valence-corrected chi connectivity index (χ0v) is 10.8. The van der Waals surface area contributed by atoms with Crippen molar-refractivity contribution in [2.24, 2.45) is 0 Å². The summed E-state index contributed by atoms with van der Waals surface area (Å²) in [6.45, 7) is 9.45. The number of halogens is 1. The molecule has 0 N–H and O–H groups in total. The third-order valence-electron chi connectivity index (χ3n) is 2.40. The van der Waals surface area contributed by atoms with Gasteiger partial charge in [0.15, 0.2) is 0 Å². The maximum atomic E-state index is 5.29. The molecule has 1 aliphatic carbocycles. The molecule has 1 heterocycles. The molecule has 0 amide bonds. The van der Waals surface area contributed by atoms with Crippen LogP contribution >= 0.6 is 22.6 Å². The fourth-order valence-corrected chi connectivity index (χ4v) is 2.21. The van der Waals surface area contributed by atoms with Gasteiger partial charge in [0.25, 0.3) is 0 Å². The predicted octanol–water partition coefficient (Wildman–Crippen LogP) is 2.31. The Labute approximate surface area is 95.2 Å². The van der Waals surface area contributed by atoms with Crippen LogP contribution in [-0.4, -0.2) is 41.2 Å². The normalized spacial score (nSPS) is 26.1. The highest BCUT2D eigenvalue weighted by molar-refractivity contribution is 14.1. The molecule has 0 radical (unpaired) electrons. The lowest BCUT2D eigenvalue weighted by atomic mass is 10.3. The quantitative estimate of drug-likeness (QED) is 0.573. The van der Waals surface area contributed by atoms with E-state index in [1.165, 1.54) is 19.4 Å². The lowest BCUT2D eigenvalue weighted by Gasteiger charge is -2.28. The van der Waals surface area contributed by atoms with Gasteiger partial charge in [-0.2, -0.15) is 0 Å². The summed E-state index contributed by atoms with van der Waals surface area (Å²) in [4.78, 5) is 2.53. The van der Waals surface area contributed by atoms with Crippen LogP contribution in [0.3, 0.4) is 0 Å². The topological polar surface area (TPSA) is 12.5 Å². The van der Waals surface area contributed by atoms with Gasteiger partial charge in [0.05, 0.1) is 13.2 Å². The molecule has 2 aliphatic rings. The predicted molar refractivity (Wildman–Crippen MR) is 64.6 cm³/mol. The van der Waals surface area contributed by atoms with Gasteiger partial charge in [0, 0.05) is 23.1 Å². The lowest BCUT2D eigenvalue weighted by molar-refractivity contribution is 0.0379. The van der Waals surface area contributed by atoms with Gasteiger partial charge in [-0.1, -0.05) is 36.4 Å². The highest BCUT2D eigenvalue weighted by Gasteiger charge is 2.41. The van der Waals surface area contributed by atoms with Crippen molar-refractivity contribution in [3.05, 3.63) is 0 Å². The number of nitrogens with zero attached hydrogens (tertiary/aromatic N) is 1. The van der Waals surface area contributed by atoms with Crippen molar-refractivity contribution in [1.29, 1.82) is 0 Å². The zero-order valence-electron chi connectivity index (χ0n) is 8.68. The van der Waals surface area contributed by atoms with Gasteiger partial charge < -0.3 is 4.74 Å². The summed E-state index contributed by atoms with van der Waals surface area (Å²) in [5, 5.41) is 0. The largest absolute Gasteiger partial charge is 0.379 e.